The van der Waals surface area contributed by atoms with Crippen molar-refractivity contribution in [2.75, 3.05) is 0 Å². The van der Waals surface area contributed by atoms with Crippen molar-refractivity contribution in [1.82, 2.24) is 20.0 Å². The standard InChI is InChI=1S/C13H12N4O/c1-9-5-6-10-3-2-4-12(13(10)14-9)17-7-11(8-18)15-16-17/h2-7,18H,8H2,1H3. The first-order chi connectivity index (χ1) is 8.78. The van der Waals surface area contributed by atoms with Crippen LogP contribution in [0.25, 0.3) is 16.6 Å². The largest absolute Gasteiger partial charge is 0.390 e. The third kappa shape index (κ3) is 1.74. The maximum Gasteiger partial charge on any atom is 0.109 e. The number of hydrogen-bond donors (Lipinski definition) is 1. The minimum absolute atomic E-state index is 0.114. The van der Waals surface area contributed by atoms with Gasteiger partial charge in [0.2, 0.25) is 0 Å². The summed E-state index contributed by atoms with van der Waals surface area (Å²) in [6.07, 6.45) is 1.71. The molecule has 1 N–H and O–H groups in total. The highest BCUT2D eigenvalue weighted by atomic mass is 16.3. The molecule has 0 aliphatic carbocycles. The van der Waals surface area contributed by atoms with Crippen LogP contribution in [0.3, 0.4) is 0 Å². The molecular formula is C13H12N4O. The normalized spacial score (nSPS) is 11.0. The van der Waals surface area contributed by atoms with E-state index >= 15 is 0 Å². The minimum atomic E-state index is -0.114. The minimum Gasteiger partial charge on any atom is -0.390 e. The number of pyridine rings is 1. The van der Waals surface area contributed by atoms with E-state index in [4.69, 9.17) is 5.11 Å². The molecule has 3 aromatic rings. The fourth-order valence-electron chi connectivity index (χ4n) is 1.90. The van der Waals surface area contributed by atoms with Gasteiger partial charge in [-0.05, 0) is 19.1 Å². The molecule has 90 valence electrons. The summed E-state index contributed by atoms with van der Waals surface area (Å²) in [5, 5.41) is 18.0. The van der Waals surface area contributed by atoms with Crippen LogP contribution in [0.4, 0.5) is 0 Å². The number of aryl methyl sites for hydroxylation is 1. The van der Waals surface area contributed by atoms with Crippen molar-refractivity contribution in [3.05, 3.63) is 47.9 Å². The Balaban J connectivity index is 2.24. The summed E-state index contributed by atoms with van der Waals surface area (Å²) in [4.78, 5) is 4.54. The van der Waals surface area contributed by atoms with Crippen LogP contribution >= 0.6 is 0 Å². The zero-order valence-corrected chi connectivity index (χ0v) is 9.91. The van der Waals surface area contributed by atoms with Crippen LogP contribution in [0.2, 0.25) is 0 Å². The quantitative estimate of drug-likeness (QED) is 0.739. The number of aromatic nitrogens is 4. The average Bonchev–Trinajstić information content (AvgIpc) is 2.86. The first kappa shape index (κ1) is 10.9. The molecule has 0 atom stereocenters. The molecule has 0 spiro atoms. The lowest BCUT2D eigenvalue weighted by molar-refractivity contribution is 0.276. The fourth-order valence-corrected chi connectivity index (χ4v) is 1.90. The van der Waals surface area contributed by atoms with Crippen molar-refractivity contribution in [2.45, 2.75) is 13.5 Å². The van der Waals surface area contributed by atoms with Crippen molar-refractivity contribution in [1.29, 1.82) is 0 Å². The number of fused-ring (bicyclic) bond motifs is 1. The first-order valence-electron chi connectivity index (χ1n) is 5.67. The van der Waals surface area contributed by atoms with Gasteiger partial charge >= 0.3 is 0 Å². The SMILES string of the molecule is Cc1ccc2cccc(-n3cc(CO)nn3)c2n1. The van der Waals surface area contributed by atoms with Crippen LogP contribution in [-0.2, 0) is 6.61 Å². The second kappa shape index (κ2) is 4.19. The van der Waals surface area contributed by atoms with Gasteiger partial charge in [-0.1, -0.05) is 23.4 Å². The number of para-hydroxylation sites is 1. The van der Waals surface area contributed by atoms with Crippen molar-refractivity contribution in [3.63, 3.8) is 0 Å². The molecule has 5 nitrogen and oxygen atoms in total. The van der Waals surface area contributed by atoms with Gasteiger partial charge in [-0.2, -0.15) is 0 Å². The smallest absolute Gasteiger partial charge is 0.109 e. The molecule has 0 fully saturated rings. The lowest BCUT2D eigenvalue weighted by atomic mass is 10.2. The first-order valence-corrected chi connectivity index (χ1v) is 5.67. The van der Waals surface area contributed by atoms with Crippen LogP contribution in [0.1, 0.15) is 11.4 Å². The molecule has 2 aromatic heterocycles. The molecule has 0 unspecified atom stereocenters. The van der Waals surface area contributed by atoms with Crippen molar-refractivity contribution in [2.24, 2.45) is 0 Å². The molecule has 5 heteroatoms. The lowest BCUT2D eigenvalue weighted by Gasteiger charge is -2.05. The van der Waals surface area contributed by atoms with E-state index in [-0.39, 0.29) is 6.61 Å². The van der Waals surface area contributed by atoms with Crippen molar-refractivity contribution < 1.29 is 5.11 Å². The van der Waals surface area contributed by atoms with Crippen LogP contribution < -0.4 is 0 Å². The Morgan fingerprint density at radius 2 is 2.11 bits per heavy atom. The highest BCUT2D eigenvalue weighted by molar-refractivity contribution is 5.86. The third-order valence-corrected chi connectivity index (χ3v) is 2.79. The van der Waals surface area contributed by atoms with E-state index in [0.717, 1.165) is 22.3 Å². The molecule has 0 aliphatic rings. The molecule has 0 amide bonds. The molecule has 0 saturated carbocycles. The van der Waals surface area contributed by atoms with Crippen LogP contribution in [0, 0.1) is 6.92 Å². The number of nitrogens with zero attached hydrogens (tertiary/aromatic N) is 4. The number of hydrogen-bond acceptors (Lipinski definition) is 4. The Morgan fingerprint density at radius 1 is 1.22 bits per heavy atom. The van der Waals surface area contributed by atoms with Gasteiger partial charge in [-0.25, -0.2) is 4.68 Å². The predicted octanol–water partition coefficient (Wildman–Crippen LogP) is 1.62. The third-order valence-electron chi connectivity index (χ3n) is 2.79. The van der Waals surface area contributed by atoms with Crippen LogP contribution in [0.15, 0.2) is 36.5 Å². The molecular weight excluding hydrogens is 228 g/mol. The van der Waals surface area contributed by atoms with Gasteiger partial charge in [-0.15, -0.1) is 5.10 Å². The van der Waals surface area contributed by atoms with E-state index in [1.54, 1.807) is 10.9 Å². The molecule has 2 heterocycles. The second-order valence-corrected chi connectivity index (χ2v) is 4.11. The topological polar surface area (TPSA) is 63.8 Å². The summed E-state index contributed by atoms with van der Waals surface area (Å²) >= 11 is 0. The number of aliphatic hydroxyl groups is 1. The molecule has 0 saturated heterocycles. The maximum atomic E-state index is 9.02. The monoisotopic (exact) mass is 240 g/mol. The molecule has 0 radical (unpaired) electrons. The molecule has 0 aliphatic heterocycles. The van der Waals surface area contributed by atoms with E-state index in [1.165, 1.54) is 0 Å². The van der Waals surface area contributed by atoms with Gasteiger partial charge in [-0.3, -0.25) is 4.98 Å². The lowest BCUT2D eigenvalue weighted by Crippen LogP contribution is -1.98. The van der Waals surface area contributed by atoms with Crippen LogP contribution in [0.5, 0.6) is 0 Å². The number of benzene rings is 1. The summed E-state index contributed by atoms with van der Waals surface area (Å²) < 4.78 is 1.64. The fraction of sp³-hybridized carbons (Fsp3) is 0.154. The van der Waals surface area contributed by atoms with E-state index in [0.29, 0.717) is 5.69 Å². The van der Waals surface area contributed by atoms with Crippen molar-refractivity contribution in [3.8, 4) is 5.69 Å². The summed E-state index contributed by atoms with van der Waals surface area (Å²) in [6.45, 7) is 1.84. The second-order valence-electron chi connectivity index (χ2n) is 4.11. The Hall–Kier alpha value is -2.27. The Bertz CT molecular complexity index is 705. The average molecular weight is 240 g/mol. The summed E-state index contributed by atoms with van der Waals surface area (Å²) in [5.74, 6) is 0. The maximum absolute atomic E-state index is 9.02. The van der Waals surface area contributed by atoms with Gasteiger partial charge in [0.1, 0.15) is 5.69 Å². The van der Waals surface area contributed by atoms with Crippen molar-refractivity contribution >= 4 is 10.9 Å². The molecule has 18 heavy (non-hydrogen) atoms. The number of rotatable bonds is 2. The Kier molecular flexibility index (Phi) is 2.53. The Morgan fingerprint density at radius 3 is 2.89 bits per heavy atom. The molecule has 1 aromatic carbocycles. The van der Waals surface area contributed by atoms with Gasteiger partial charge in [0, 0.05) is 11.1 Å². The highest BCUT2D eigenvalue weighted by Crippen LogP contribution is 2.20. The van der Waals surface area contributed by atoms with E-state index in [9.17, 15) is 0 Å². The summed E-state index contributed by atoms with van der Waals surface area (Å²) in [5.41, 5.74) is 3.24. The van der Waals surface area contributed by atoms with Gasteiger partial charge in [0.25, 0.3) is 0 Å². The Labute approximate surface area is 104 Å². The summed E-state index contributed by atoms with van der Waals surface area (Å²) in [6, 6.07) is 9.91. The molecule has 3 rings (SSSR count). The van der Waals surface area contributed by atoms with E-state index < -0.39 is 0 Å². The zero-order chi connectivity index (χ0) is 12.5. The predicted molar refractivity (Wildman–Crippen MR) is 67.3 cm³/mol. The number of aliphatic hydroxyl groups excluding tert-OH is 1. The zero-order valence-electron chi connectivity index (χ0n) is 9.91. The van der Waals surface area contributed by atoms with Gasteiger partial charge in [0.15, 0.2) is 0 Å². The van der Waals surface area contributed by atoms with E-state index in [2.05, 4.69) is 15.3 Å². The molecule has 0 bridgehead atoms. The summed E-state index contributed by atoms with van der Waals surface area (Å²) in [7, 11) is 0. The van der Waals surface area contributed by atoms with Crippen LogP contribution in [-0.4, -0.2) is 25.1 Å². The van der Waals surface area contributed by atoms with Gasteiger partial charge in [0.05, 0.1) is 24.0 Å². The highest BCUT2D eigenvalue weighted by Gasteiger charge is 2.07. The van der Waals surface area contributed by atoms with E-state index in [1.807, 2.05) is 37.3 Å². The van der Waals surface area contributed by atoms with Gasteiger partial charge < -0.3 is 5.11 Å².